The molecule has 0 saturated heterocycles. The molecule has 1 heterocycles. The lowest BCUT2D eigenvalue weighted by Gasteiger charge is -2.10. The number of nitrogen functional groups attached to an aromatic ring is 1. The summed E-state index contributed by atoms with van der Waals surface area (Å²) < 4.78 is 4.85. The summed E-state index contributed by atoms with van der Waals surface area (Å²) in [5.74, 6) is 0.388. The lowest BCUT2D eigenvalue weighted by Crippen LogP contribution is -2.20. The zero-order valence-electron chi connectivity index (χ0n) is 9.47. The van der Waals surface area contributed by atoms with E-state index in [1.807, 2.05) is 6.92 Å². The number of hydrogen-bond donors (Lipinski definition) is 3. The fraction of sp³-hybridized carbons (Fsp3) is 0.667. The Bertz CT molecular complexity index is 334. The Morgan fingerprint density at radius 3 is 2.81 bits per heavy atom. The molecule has 4 N–H and O–H groups in total. The predicted molar refractivity (Wildman–Crippen MR) is 60.2 cm³/mol. The van der Waals surface area contributed by atoms with Gasteiger partial charge in [-0.3, -0.25) is 0 Å². The number of ether oxygens (including phenoxy) is 1. The highest BCUT2D eigenvalue weighted by molar-refractivity contribution is 5.32. The minimum Gasteiger partial charge on any atom is -0.467 e. The van der Waals surface area contributed by atoms with E-state index in [2.05, 4.69) is 20.3 Å². The first-order valence-corrected chi connectivity index (χ1v) is 5.13. The highest BCUT2D eigenvalue weighted by Crippen LogP contribution is 2.08. The van der Waals surface area contributed by atoms with Crippen LogP contribution in [0.3, 0.4) is 0 Å². The molecule has 7 nitrogen and oxygen atoms in total. The van der Waals surface area contributed by atoms with Gasteiger partial charge in [-0.2, -0.15) is 15.0 Å². The number of aliphatic hydroxyl groups excluding tert-OH is 1. The van der Waals surface area contributed by atoms with E-state index in [0.29, 0.717) is 12.5 Å². The van der Waals surface area contributed by atoms with Crippen LogP contribution in [0.1, 0.15) is 19.8 Å². The molecule has 16 heavy (non-hydrogen) atoms. The van der Waals surface area contributed by atoms with Gasteiger partial charge in [0.05, 0.1) is 13.2 Å². The second kappa shape index (κ2) is 6.06. The predicted octanol–water partition coefficient (Wildman–Crippen LogP) is 0.0353. The van der Waals surface area contributed by atoms with Crippen LogP contribution in [-0.4, -0.2) is 39.8 Å². The van der Waals surface area contributed by atoms with Crippen molar-refractivity contribution in [3.63, 3.8) is 0 Å². The van der Waals surface area contributed by atoms with Crippen LogP contribution in [0.5, 0.6) is 6.01 Å². The van der Waals surface area contributed by atoms with Crippen molar-refractivity contribution in [2.24, 2.45) is 0 Å². The van der Waals surface area contributed by atoms with Crippen LogP contribution in [0.4, 0.5) is 11.9 Å². The Kier molecular flexibility index (Phi) is 4.71. The monoisotopic (exact) mass is 227 g/mol. The third-order valence-electron chi connectivity index (χ3n) is 1.93. The van der Waals surface area contributed by atoms with Crippen LogP contribution in [-0.2, 0) is 0 Å². The number of anilines is 2. The molecule has 0 aliphatic carbocycles. The summed E-state index contributed by atoms with van der Waals surface area (Å²) in [6, 6.07) is 0.153. The van der Waals surface area contributed by atoms with Crippen LogP contribution in [0, 0.1) is 0 Å². The Labute approximate surface area is 94.1 Å². The number of aliphatic hydroxyl groups is 1. The molecule has 0 amide bonds. The zero-order valence-corrected chi connectivity index (χ0v) is 9.47. The highest BCUT2D eigenvalue weighted by Gasteiger charge is 2.06. The number of nitrogens with two attached hydrogens (primary N) is 1. The lowest BCUT2D eigenvalue weighted by atomic mass is 10.2. The molecular weight excluding hydrogens is 210 g/mol. The average molecular weight is 227 g/mol. The van der Waals surface area contributed by atoms with E-state index >= 15 is 0 Å². The Morgan fingerprint density at radius 2 is 2.19 bits per heavy atom. The summed E-state index contributed by atoms with van der Waals surface area (Å²) in [4.78, 5) is 11.6. The summed E-state index contributed by atoms with van der Waals surface area (Å²) in [5.41, 5.74) is 5.46. The number of hydrogen-bond acceptors (Lipinski definition) is 7. The fourth-order valence-electron chi connectivity index (χ4n) is 1.19. The molecule has 0 fully saturated rings. The molecule has 0 aliphatic heterocycles. The first-order chi connectivity index (χ1) is 7.65. The van der Waals surface area contributed by atoms with Crippen molar-refractivity contribution < 1.29 is 9.84 Å². The molecular formula is C9H17N5O2. The number of nitrogens with zero attached hydrogens (tertiary/aromatic N) is 3. The molecule has 1 aromatic heterocycles. The number of methoxy groups -OCH3 is 1. The molecule has 0 spiro atoms. The maximum atomic E-state index is 9.51. The largest absolute Gasteiger partial charge is 0.467 e. The molecule has 0 radical (unpaired) electrons. The van der Waals surface area contributed by atoms with Gasteiger partial charge in [-0.1, -0.05) is 13.3 Å². The van der Waals surface area contributed by atoms with E-state index in [0.717, 1.165) is 12.8 Å². The lowest BCUT2D eigenvalue weighted by molar-refractivity contribution is 0.176. The van der Waals surface area contributed by atoms with Gasteiger partial charge >= 0.3 is 6.01 Å². The minimum absolute atomic E-state index is 0.0827. The first-order valence-electron chi connectivity index (χ1n) is 5.13. The Hall–Kier alpha value is -1.63. The van der Waals surface area contributed by atoms with E-state index in [4.69, 9.17) is 10.5 Å². The van der Waals surface area contributed by atoms with Gasteiger partial charge in [-0.15, -0.1) is 0 Å². The fourth-order valence-corrected chi connectivity index (χ4v) is 1.19. The summed E-state index contributed by atoms with van der Waals surface area (Å²) >= 11 is 0. The highest BCUT2D eigenvalue weighted by atomic mass is 16.5. The summed E-state index contributed by atoms with van der Waals surface area (Å²) in [6.07, 6.45) is 1.23. The molecule has 7 heteroatoms. The van der Waals surface area contributed by atoms with Crippen molar-refractivity contribution in [1.82, 2.24) is 15.0 Å². The number of rotatable bonds is 6. The van der Waals surface area contributed by atoms with Crippen molar-refractivity contribution >= 4 is 11.9 Å². The van der Waals surface area contributed by atoms with Crippen LogP contribution < -0.4 is 15.8 Å². The smallest absolute Gasteiger partial charge is 0.322 e. The summed E-state index contributed by atoms with van der Waals surface area (Å²) in [5, 5.41) is 12.4. The molecule has 1 rings (SSSR count). The van der Waals surface area contributed by atoms with Crippen molar-refractivity contribution in [1.29, 1.82) is 0 Å². The van der Waals surface area contributed by atoms with Crippen molar-refractivity contribution in [2.45, 2.75) is 25.9 Å². The van der Waals surface area contributed by atoms with E-state index < -0.39 is 6.10 Å². The van der Waals surface area contributed by atoms with Crippen molar-refractivity contribution in [3.8, 4) is 6.01 Å². The van der Waals surface area contributed by atoms with E-state index in [1.54, 1.807) is 0 Å². The molecule has 1 unspecified atom stereocenters. The third kappa shape index (κ3) is 3.85. The van der Waals surface area contributed by atoms with Gasteiger partial charge in [0, 0.05) is 6.54 Å². The van der Waals surface area contributed by atoms with Crippen molar-refractivity contribution in [3.05, 3.63) is 0 Å². The number of aromatic nitrogens is 3. The van der Waals surface area contributed by atoms with E-state index in [1.165, 1.54) is 7.11 Å². The van der Waals surface area contributed by atoms with Crippen LogP contribution in [0.15, 0.2) is 0 Å². The van der Waals surface area contributed by atoms with Crippen molar-refractivity contribution in [2.75, 3.05) is 24.7 Å². The van der Waals surface area contributed by atoms with Crippen LogP contribution in [0.25, 0.3) is 0 Å². The van der Waals surface area contributed by atoms with Crippen LogP contribution in [0.2, 0.25) is 0 Å². The SMILES string of the molecule is CCCC(O)CNc1nc(N)nc(OC)n1. The molecule has 0 bridgehead atoms. The van der Waals surface area contributed by atoms with Gasteiger partial charge < -0.3 is 20.9 Å². The quantitative estimate of drug-likeness (QED) is 0.629. The maximum absolute atomic E-state index is 9.51. The normalized spacial score (nSPS) is 12.2. The van der Waals surface area contributed by atoms with E-state index in [-0.39, 0.29) is 12.0 Å². The van der Waals surface area contributed by atoms with Crippen LogP contribution >= 0.6 is 0 Å². The molecule has 0 saturated carbocycles. The first kappa shape index (κ1) is 12.4. The molecule has 0 aromatic carbocycles. The molecule has 1 atom stereocenters. The van der Waals surface area contributed by atoms with Gasteiger partial charge in [-0.05, 0) is 6.42 Å². The summed E-state index contributed by atoms with van der Waals surface area (Å²) in [6.45, 7) is 2.38. The molecule has 0 aliphatic rings. The van der Waals surface area contributed by atoms with Gasteiger partial charge in [0.25, 0.3) is 0 Å². The van der Waals surface area contributed by atoms with Gasteiger partial charge in [0.15, 0.2) is 0 Å². The minimum atomic E-state index is -0.422. The molecule has 90 valence electrons. The topological polar surface area (TPSA) is 106 Å². The zero-order chi connectivity index (χ0) is 12.0. The average Bonchev–Trinajstić information content (AvgIpc) is 2.26. The molecule has 1 aromatic rings. The standard InChI is InChI=1S/C9H17N5O2/c1-3-4-6(15)5-11-8-12-7(10)13-9(14-8)16-2/h6,15H,3-5H2,1-2H3,(H3,10,11,12,13,14). The van der Waals surface area contributed by atoms with Gasteiger partial charge in [-0.25, -0.2) is 0 Å². The van der Waals surface area contributed by atoms with Gasteiger partial charge in [0.2, 0.25) is 11.9 Å². The van der Waals surface area contributed by atoms with E-state index in [9.17, 15) is 5.11 Å². The third-order valence-corrected chi connectivity index (χ3v) is 1.93. The number of nitrogens with one attached hydrogen (secondary N) is 1. The Balaban J connectivity index is 2.56. The maximum Gasteiger partial charge on any atom is 0.322 e. The summed E-state index contributed by atoms with van der Waals surface area (Å²) in [7, 11) is 1.45. The second-order valence-corrected chi connectivity index (χ2v) is 3.33. The Morgan fingerprint density at radius 1 is 1.44 bits per heavy atom. The van der Waals surface area contributed by atoms with Gasteiger partial charge in [0.1, 0.15) is 0 Å². The second-order valence-electron chi connectivity index (χ2n) is 3.33.